The summed E-state index contributed by atoms with van der Waals surface area (Å²) in [6.45, 7) is 8.82. The highest BCUT2D eigenvalue weighted by atomic mass is 16.5. The lowest BCUT2D eigenvalue weighted by Crippen LogP contribution is -2.01. The zero-order chi connectivity index (χ0) is 14.7. The number of aromatic nitrogens is 1. The van der Waals surface area contributed by atoms with Gasteiger partial charge in [-0.05, 0) is 29.0 Å². The molecule has 0 aliphatic heterocycles. The molecular formula is C16H21NO3. The molecule has 1 aromatic heterocycles. The van der Waals surface area contributed by atoms with Crippen molar-refractivity contribution in [1.29, 1.82) is 0 Å². The molecule has 0 unspecified atom stereocenters. The van der Waals surface area contributed by atoms with Crippen LogP contribution in [-0.4, -0.2) is 4.98 Å². The maximum Gasteiger partial charge on any atom is 0.416 e. The molecule has 0 aliphatic rings. The Kier molecular flexibility index (Phi) is 4.32. The molecule has 0 spiro atoms. The fourth-order valence-electron chi connectivity index (χ4n) is 2.05. The number of rotatable bonds is 5. The summed E-state index contributed by atoms with van der Waals surface area (Å²) < 4.78 is 10.8. The molecule has 0 amide bonds. The average molecular weight is 275 g/mol. The Bertz CT molecular complexity index is 623. The van der Waals surface area contributed by atoms with Gasteiger partial charge in [0.05, 0.1) is 0 Å². The van der Waals surface area contributed by atoms with Crippen LogP contribution in [0.1, 0.15) is 56.4 Å². The fraction of sp³-hybridized carbons (Fsp3) is 0.438. The molecule has 2 rings (SSSR count). The second-order valence-electron chi connectivity index (χ2n) is 5.54. The standard InChI is InChI=1S/C16H21NO3/c1-10(2)12-5-6-14(11(3)4)15(7-12)19-9-13-8-17-16(18)20-13/h5-8,10-11H,9H2,1-4H3,(H,17,18). The van der Waals surface area contributed by atoms with E-state index in [2.05, 4.69) is 50.9 Å². The summed E-state index contributed by atoms with van der Waals surface area (Å²) in [6.07, 6.45) is 1.53. The van der Waals surface area contributed by atoms with Crippen LogP contribution < -0.4 is 10.5 Å². The van der Waals surface area contributed by atoms with Crippen molar-refractivity contribution in [1.82, 2.24) is 4.98 Å². The molecule has 0 aliphatic carbocycles. The predicted molar refractivity (Wildman–Crippen MR) is 78.3 cm³/mol. The highest BCUT2D eigenvalue weighted by Gasteiger charge is 2.11. The topological polar surface area (TPSA) is 55.2 Å². The van der Waals surface area contributed by atoms with Crippen molar-refractivity contribution in [2.75, 3.05) is 0 Å². The molecule has 0 atom stereocenters. The van der Waals surface area contributed by atoms with Crippen LogP contribution in [-0.2, 0) is 6.61 Å². The maximum atomic E-state index is 10.9. The molecule has 0 radical (unpaired) electrons. The van der Waals surface area contributed by atoms with Gasteiger partial charge >= 0.3 is 5.76 Å². The van der Waals surface area contributed by atoms with Gasteiger partial charge in [0.15, 0.2) is 5.76 Å². The summed E-state index contributed by atoms with van der Waals surface area (Å²) in [5.41, 5.74) is 2.40. The van der Waals surface area contributed by atoms with Gasteiger partial charge < -0.3 is 9.15 Å². The van der Waals surface area contributed by atoms with Gasteiger partial charge in [-0.1, -0.05) is 39.8 Å². The lowest BCUT2D eigenvalue weighted by atomic mass is 9.96. The first-order valence-electron chi connectivity index (χ1n) is 6.91. The van der Waals surface area contributed by atoms with Gasteiger partial charge in [-0.15, -0.1) is 0 Å². The Morgan fingerprint density at radius 3 is 2.50 bits per heavy atom. The van der Waals surface area contributed by atoms with Crippen LogP contribution in [0.3, 0.4) is 0 Å². The van der Waals surface area contributed by atoms with Gasteiger partial charge in [0, 0.05) is 6.20 Å². The van der Waals surface area contributed by atoms with Crippen molar-refractivity contribution in [3.05, 3.63) is 51.8 Å². The van der Waals surface area contributed by atoms with Crippen LogP contribution in [0.25, 0.3) is 0 Å². The minimum atomic E-state index is -0.455. The van der Waals surface area contributed by atoms with E-state index < -0.39 is 5.76 Å². The number of ether oxygens (including phenoxy) is 1. The Morgan fingerprint density at radius 2 is 1.95 bits per heavy atom. The zero-order valence-corrected chi connectivity index (χ0v) is 12.4. The third kappa shape index (κ3) is 3.32. The Balaban J connectivity index is 2.23. The van der Waals surface area contributed by atoms with Crippen LogP contribution in [0.5, 0.6) is 5.75 Å². The smallest absolute Gasteiger partial charge is 0.416 e. The van der Waals surface area contributed by atoms with Gasteiger partial charge in [0.2, 0.25) is 0 Å². The lowest BCUT2D eigenvalue weighted by Gasteiger charge is -2.16. The Labute approximate surface area is 118 Å². The first kappa shape index (κ1) is 14.4. The number of aromatic amines is 1. The van der Waals surface area contributed by atoms with Crippen molar-refractivity contribution in [2.24, 2.45) is 0 Å². The van der Waals surface area contributed by atoms with Gasteiger partial charge in [0.25, 0.3) is 0 Å². The van der Waals surface area contributed by atoms with Gasteiger partial charge in [-0.2, -0.15) is 0 Å². The molecule has 4 heteroatoms. The van der Waals surface area contributed by atoms with Crippen LogP contribution in [0.2, 0.25) is 0 Å². The summed E-state index contributed by atoms with van der Waals surface area (Å²) in [7, 11) is 0. The zero-order valence-electron chi connectivity index (χ0n) is 12.4. The molecule has 0 fully saturated rings. The summed E-state index contributed by atoms with van der Waals surface area (Å²) in [5, 5.41) is 0. The summed E-state index contributed by atoms with van der Waals surface area (Å²) in [6, 6.07) is 6.33. The van der Waals surface area contributed by atoms with E-state index in [1.165, 1.54) is 11.8 Å². The van der Waals surface area contributed by atoms with E-state index in [1.807, 2.05) is 0 Å². The molecule has 1 heterocycles. The molecule has 4 nitrogen and oxygen atoms in total. The van der Waals surface area contributed by atoms with Crippen molar-refractivity contribution < 1.29 is 9.15 Å². The van der Waals surface area contributed by atoms with E-state index in [4.69, 9.17) is 9.15 Å². The minimum Gasteiger partial charge on any atom is -0.485 e. The normalized spacial score (nSPS) is 11.3. The number of hydrogen-bond acceptors (Lipinski definition) is 3. The average Bonchev–Trinajstić information content (AvgIpc) is 2.81. The first-order valence-corrected chi connectivity index (χ1v) is 6.91. The van der Waals surface area contributed by atoms with Crippen LogP contribution in [0.4, 0.5) is 0 Å². The highest BCUT2D eigenvalue weighted by Crippen LogP contribution is 2.30. The second kappa shape index (κ2) is 5.99. The molecule has 0 bridgehead atoms. The third-order valence-corrected chi connectivity index (χ3v) is 3.27. The van der Waals surface area contributed by atoms with E-state index in [9.17, 15) is 4.79 Å². The summed E-state index contributed by atoms with van der Waals surface area (Å²) >= 11 is 0. The number of oxazole rings is 1. The van der Waals surface area contributed by atoms with Crippen molar-refractivity contribution in [3.8, 4) is 5.75 Å². The number of nitrogens with one attached hydrogen (secondary N) is 1. The van der Waals surface area contributed by atoms with E-state index in [-0.39, 0.29) is 6.61 Å². The predicted octanol–water partition coefficient (Wildman–Crippen LogP) is 3.79. The fourth-order valence-corrected chi connectivity index (χ4v) is 2.05. The van der Waals surface area contributed by atoms with Crippen molar-refractivity contribution in [2.45, 2.75) is 46.1 Å². The molecular weight excluding hydrogens is 254 g/mol. The quantitative estimate of drug-likeness (QED) is 0.903. The molecule has 0 saturated carbocycles. The van der Waals surface area contributed by atoms with Gasteiger partial charge in [0.1, 0.15) is 12.4 Å². The van der Waals surface area contributed by atoms with E-state index in [1.54, 1.807) is 0 Å². The van der Waals surface area contributed by atoms with E-state index in [0.717, 1.165) is 11.3 Å². The monoisotopic (exact) mass is 275 g/mol. The Hall–Kier alpha value is -1.97. The van der Waals surface area contributed by atoms with E-state index in [0.29, 0.717) is 17.6 Å². The summed E-state index contributed by atoms with van der Waals surface area (Å²) in [4.78, 5) is 13.4. The molecule has 2 aromatic rings. The SMILES string of the molecule is CC(C)c1ccc(C(C)C)c(OCc2c[nH]c(=O)o2)c1. The second-order valence-corrected chi connectivity index (χ2v) is 5.54. The van der Waals surface area contributed by atoms with Gasteiger partial charge in [-0.25, -0.2) is 4.79 Å². The van der Waals surface area contributed by atoms with Gasteiger partial charge in [-0.3, -0.25) is 4.98 Å². The highest BCUT2D eigenvalue weighted by molar-refractivity contribution is 5.40. The largest absolute Gasteiger partial charge is 0.485 e. The van der Waals surface area contributed by atoms with E-state index >= 15 is 0 Å². The Morgan fingerprint density at radius 1 is 1.20 bits per heavy atom. The minimum absolute atomic E-state index is 0.250. The maximum absolute atomic E-state index is 10.9. The summed E-state index contributed by atoms with van der Waals surface area (Å²) in [5.74, 6) is 1.73. The molecule has 0 saturated heterocycles. The molecule has 108 valence electrons. The number of benzene rings is 1. The lowest BCUT2D eigenvalue weighted by molar-refractivity contribution is 0.263. The first-order chi connectivity index (χ1) is 9.47. The van der Waals surface area contributed by atoms with Crippen molar-refractivity contribution in [3.63, 3.8) is 0 Å². The van der Waals surface area contributed by atoms with Crippen molar-refractivity contribution >= 4 is 0 Å². The molecule has 1 N–H and O–H groups in total. The third-order valence-electron chi connectivity index (χ3n) is 3.27. The molecule has 20 heavy (non-hydrogen) atoms. The van der Waals surface area contributed by atoms with Crippen LogP contribution in [0, 0.1) is 0 Å². The molecule has 1 aromatic carbocycles. The van der Waals surface area contributed by atoms with Crippen LogP contribution in [0.15, 0.2) is 33.6 Å². The number of hydrogen-bond donors (Lipinski definition) is 1. The number of H-pyrrole nitrogens is 1. The van der Waals surface area contributed by atoms with Crippen LogP contribution >= 0.6 is 0 Å².